The summed E-state index contributed by atoms with van der Waals surface area (Å²) in [6.07, 6.45) is 1.86. The van der Waals surface area contributed by atoms with Crippen molar-refractivity contribution < 1.29 is 14.3 Å². The number of rotatable bonds is 6. The number of nitrogens with zero attached hydrogens (tertiary/aromatic N) is 2. The van der Waals surface area contributed by atoms with E-state index in [1.807, 2.05) is 32.9 Å². The lowest BCUT2D eigenvalue weighted by Gasteiger charge is -2.25. The molecule has 162 valence electrons. The van der Waals surface area contributed by atoms with Crippen molar-refractivity contribution in [3.63, 3.8) is 0 Å². The van der Waals surface area contributed by atoms with Crippen molar-refractivity contribution in [1.82, 2.24) is 15.5 Å². The van der Waals surface area contributed by atoms with Crippen molar-refractivity contribution in [2.45, 2.75) is 64.8 Å². The molecule has 0 spiro atoms. The number of hydrogen-bond donors (Lipinski definition) is 2. The van der Waals surface area contributed by atoms with Crippen molar-refractivity contribution in [2.24, 2.45) is 4.99 Å². The van der Waals surface area contributed by atoms with Gasteiger partial charge in [-0.1, -0.05) is 24.3 Å². The van der Waals surface area contributed by atoms with Gasteiger partial charge in [0, 0.05) is 40.3 Å². The minimum atomic E-state index is -0.491. The average molecular weight is 405 g/mol. The Labute approximate surface area is 174 Å². The summed E-state index contributed by atoms with van der Waals surface area (Å²) in [5.41, 5.74) is 1.59. The fourth-order valence-electron chi connectivity index (χ4n) is 3.09. The Morgan fingerprint density at radius 3 is 2.45 bits per heavy atom. The van der Waals surface area contributed by atoms with Crippen LogP contribution in [-0.4, -0.2) is 55.4 Å². The van der Waals surface area contributed by atoms with Gasteiger partial charge in [0.05, 0.1) is 5.60 Å². The summed E-state index contributed by atoms with van der Waals surface area (Å²) in [4.78, 5) is 17.9. The summed E-state index contributed by atoms with van der Waals surface area (Å²) >= 11 is 0. The zero-order valence-electron chi connectivity index (χ0n) is 18.7. The zero-order valence-corrected chi connectivity index (χ0v) is 18.7. The molecule has 1 aliphatic heterocycles. The summed E-state index contributed by atoms with van der Waals surface area (Å²) in [5.74, 6) is 0.760. The number of nitrogens with one attached hydrogen (secondary N) is 2. The lowest BCUT2D eigenvalue weighted by Crippen LogP contribution is -2.45. The maximum absolute atomic E-state index is 12.1. The third-order valence-electron chi connectivity index (χ3n) is 4.76. The highest BCUT2D eigenvalue weighted by Gasteiger charge is 2.29. The summed E-state index contributed by atoms with van der Waals surface area (Å²) in [5, 5.41) is 6.68. The fraction of sp³-hybridized carbons (Fsp3) is 0.636. The number of guanidine groups is 1. The molecule has 1 heterocycles. The molecule has 1 fully saturated rings. The first kappa shape index (κ1) is 23.0. The van der Waals surface area contributed by atoms with Crippen molar-refractivity contribution in [3.05, 3.63) is 35.4 Å². The number of ether oxygens (including phenoxy) is 2. The van der Waals surface area contributed by atoms with Gasteiger partial charge in [0.2, 0.25) is 0 Å². The van der Waals surface area contributed by atoms with Crippen molar-refractivity contribution in [3.8, 4) is 0 Å². The van der Waals surface area contributed by atoms with Crippen molar-refractivity contribution in [1.29, 1.82) is 0 Å². The van der Waals surface area contributed by atoms with E-state index in [0.717, 1.165) is 43.1 Å². The second-order valence-corrected chi connectivity index (χ2v) is 8.83. The van der Waals surface area contributed by atoms with Crippen LogP contribution < -0.4 is 10.6 Å². The molecule has 1 saturated heterocycles. The lowest BCUT2D eigenvalue weighted by molar-refractivity contribution is 0.0242. The predicted octanol–water partition coefficient (Wildman–Crippen LogP) is 3.29. The van der Waals surface area contributed by atoms with Crippen LogP contribution in [0.2, 0.25) is 0 Å². The van der Waals surface area contributed by atoms with E-state index < -0.39 is 5.60 Å². The molecule has 1 aromatic carbocycles. The zero-order chi connectivity index (χ0) is 21.5. The van der Waals surface area contributed by atoms with Gasteiger partial charge in [-0.15, -0.1) is 0 Å². The molecular weight excluding hydrogens is 368 g/mol. The SMILES string of the molecule is CN=C(NCc1ccc(CN(C)C(=O)OC(C)(C)C)cc1)NCC1(C)CCCO1. The molecule has 1 atom stereocenters. The van der Waals surface area contributed by atoms with Gasteiger partial charge in [0.25, 0.3) is 0 Å². The van der Waals surface area contributed by atoms with Gasteiger partial charge >= 0.3 is 6.09 Å². The number of benzene rings is 1. The van der Waals surface area contributed by atoms with Crippen LogP contribution in [0.4, 0.5) is 4.79 Å². The molecule has 0 aliphatic carbocycles. The van der Waals surface area contributed by atoms with Gasteiger partial charge < -0.3 is 25.0 Å². The summed E-state index contributed by atoms with van der Waals surface area (Å²) in [6, 6.07) is 8.17. The summed E-state index contributed by atoms with van der Waals surface area (Å²) in [7, 11) is 3.51. The molecule has 1 unspecified atom stereocenters. The van der Waals surface area contributed by atoms with E-state index in [4.69, 9.17) is 9.47 Å². The van der Waals surface area contributed by atoms with E-state index in [1.54, 1.807) is 19.0 Å². The van der Waals surface area contributed by atoms with Gasteiger partial charge in [-0.05, 0) is 51.7 Å². The second-order valence-electron chi connectivity index (χ2n) is 8.83. The minimum Gasteiger partial charge on any atom is -0.444 e. The van der Waals surface area contributed by atoms with Crippen LogP contribution >= 0.6 is 0 Å². The highest BCUT2D eigenvalue weighted by atomic mass is 16.6. The van der Waals surface area contributed by atoms with Crippen LogP contribution in [0.3, 0.4) is 0 Å². The first-order chi connectivity index (χ1) is 13.6. The molecule has 1 aliphatic rings. The van der Waals surface area contributed by atoms with Gasteiger partial charge in [-0.25, -0.2) is 4.79 Å². The number of carbonyl (C=O) groups is 1. The Balaban J connectivity index is 1.79. The quantitative estimate of drug-likeness (QED) is 0.562. The first-order valence-electron chi connectivity index (χ1n) is 10.2. The number of hydrogen-bond acceptors (Lipinski definition) is 4. The lowest BCUT2D eigenvalue weighted by atomic mass is 10.0. The van der Waals surface area contributed by atoms with Crippen LogP contribution in [-0.2, 0) is 22.6 Å². The molecule has 0 radical (unpaired) electrons. The molecule has 7 heteroatoms. The molecule has 0 saturated carbocycles. The van der Waals surface area contributed by atoms with Crippen molar-refractivity contribution >= 4 is 12.1 Å². The van der Waals surface area contributed by atoms with Crippen LogP contribution in [0.15, 0.2) is 29.3 Å². The molecular formula is C22H36N4O3. The molecule has 1 aromatic rings. The van der Waals surface area contributed by atoms with Gasteiger partial charge in [0.15, 0.2) is 5.96 Å². The smallest absolute Gasteiger partial charge is 0.410 e. The van der Waals surface area contributed by atoms with Gasteiger partial charge in [0.1, 0.15) is 5.60 Å². The summed E-state index contributed by atoms with van der Waals surface area (Å²) in [6.45, 7) is 10.5. The average Bonchev–Trinajstić information content (AvgIpc) is 3.08. The van der Waals surface area contributed by atoms with E-state index in [2.05, 4.69) is 34.7 Å². The second kappa shape index (κ2) is 9.96. The van der Waals surface area contributed by atoms with Gasteiger partial charge in [-0.3, -0.25) is 4.99 Å². The van der Waals surface area contributed by atoms with Crippen LogP contribution in [0, 0.1) is 0 Å². The first-order valence-corrected chi connectivity index (χ1v) is 10.2. The highest BCUT2D eigenvalue weighted by molar-refractivity contribution is 5.79. The maximum atomic E-state index is 12.1. The number of carbonyl (C=O) groups excluding carboxylic acids is 1. The topological polar surface area (TPSA) is 75.2 Å². The third-order valence-corrected chi connectivity index (χ3v) is 4.76. The summed E-state index contributed by atoms with van der Waals surface area (Å²) < 4.78 is 11.2. The Morgan fingerprint density at radius 2 is 1.90 bits per heavy atom. The fourth-order valence-corrected chi connectivity index (χ4v) is 3.09. The van der Waals surface area contributed by atoms with Crippen LogP contribution in [0.1, 0.15) is 51.7 Å². The third kappa shape index (κ3) is 7.93. The molecule has 29 heavy (non-hydrogen) atoms. The Kier molecular flexibility index (Phi) is 7.90. The standard InChI is InChI=1S/C22H36N4O3/c1-21(2,3)29-20(27)26(6)15-18-10-8-17(9-11-18)14-24-19(23-5)25-16-22(4)12-7-13-28-22/h8-11H,7,12-16H2,1-6H3,(H2,23,24,25). The largest absolute Gasteiger partial charge is 0.444 e. The van der Waals surface area contributed by atoms with E-state index in [1.165, 1.54) is 0 Å². The molecule has 0 bridgehead atoms. The van der Waals surface area contributed by atoms with E-state index in [9.17, 15) is 4.79 Å². The highest BCUT2D eigenvalue weighted by Crippen LogP contribution is 2.23. The van der Waals surface area contributed by atoms with Crippen LogP contribution in [0.25, 0.3) is 0 Å². The molecule has 2 N–H and O–H groups in total. The molecule has 1 amide bonds. The predicted molar refractivity (Wildman–Crippen MR) is 116 cm³/mol. The Morgan fingerprint density at radius 1 is 1.24 bits per heavy atom. The molecule has 7 nitrogen and oxygen atoms in total. The normalized spacial score (nSPS) is 19.7. The monoisotopic (exact) mass is 404 g/mol. The van der Waals surface area contributed by atoms with E-state index in [0.29, 0.717) is 13.1 Å². The van der Waals surface area contributed by atoms with E-state index in [-0.39, 0.29) is 11.7 Å². The van der Waals surface area contributed by atoms with E-state index >= 15 is 0 Å². The van der Waals surface area contributed by atoms with Crippen molar-refractivity contribution in [2.75, 3.05) is 27.2 Å². The Hall–Kier alpha value is -2.28. The van der Waals surface area contributed by atoms with Crippen LogP contribution in [0.5, 0.6) is 0 Å². The number of amides is 1. The maximum Gasteiger partial charge on any atom is 0.410 e. The minimum absolute atomic E-state index is 0.112. The molecule has 2 rings (SSSR count). The number of aliphatic imine (C=N–C) groups is 1. The molecule has 0 aromatic heterocycles. The van der Waals surface area contributed by atoms with Gasteiger partial charge in [-0.2, -0.15) is 0 Å². The Bertz CT molecular complexity index is 689.